The van der Waals surface area contributed by atoms with E-state index in [1.54, 1.807) is 12.1 Å². The Morgan fingerprint density at radius 3 is 2.74 bits per heavy atom. The van der Waals surface area contributed by atoms with E-state index in [0.717, 1.165) is 6.07 Å². The lowest BCUT2D eigenvalue weighted by Crippen LogP contribution is -1.95. The van der Waals surface area contributed by atoms with Gasteiger partial charge in [-0.25, -0.2) is 4.39 Å². The average molecular weight is 309 g/mol. The summed E-state index contributed by atoms with van der Waals surface area (Å²) in [6, 6.07) is 10.0. The standard InChI is InChI=1S/C16H8FN3O3/c17-13-2-1-3-15(11(13)8-18)23-16-5-4-14(20(21)22)12-9-19-7-6-10(12)16/h1-7,9H. The Bertz CT molecular complexity index is 966. The zero-order valence-corrected chi connectivity index (χ0v) is 11.6. The maximum Gasteiger partial charge on any atom is 0.279 e. The lowest BCUT2D eigenvalue weighted by molar-refractivity contribution is -0.383. The number of fused-ring (bicyclic) bond motifs is 1. The Morgan fingerprint density at radius 1 is 1.17 bits per heavy atom. The molecule has 0 spiro atoms. The van der Waals surface area contributed by atoms with Crippen molar-refractivity contribution < 1.29 is 14.1 Å². The summed E-state index contributed by atoms with van der Waals surface area (Å²) >= 11 is 0. The summed E-state index contributed by atoms with van der Waals surface area (Å²) in [6.07, 6.45) is 2.83. The molecule has 0 aliphatic heterocycles. The highest BCUT2D eigenvalue weighted by Gasteiger charge is 2.17. The van der Waals surface area contributed by atoms with Crippen LogP contribution < -0.4 is 4.74 Å². The molecule has 0 atom stereocenters. The van der Waals surface area contributed by atoms with Crippen molar-refractivity contribution in [2.45, 2.75) is 0 Å². The molecule has 2 aromatic carbocycles. The molecule has 0 N–H and O–H groups in total. The number of halogens is 1. The molecule has 0 fully saturated rings. The van der Waals surface area contributed by atoms with Crippen molar-refractivity contribution in [3.8, 4) is 17.6 Å². The number of nitro groups is 1. The molecule has 0 saturated heterocycles. The van der Waals surface area contributed by atoms with Gasteiger partial charge in [-0.15, -0.1) is 0 Å². The van der Waals surface area contributed by atoms with Crippen molar-refractivity contribution in [2.75, 3.05) is 0 Å². The fourth-order valence-corrected chi connectivity index (χ4v) is 2.21. The van der Waals surface area contributed by atoms with Crippen LogP contribution in [0.15, 0.2) is 48.8 Å². The third-order valence-electron chi connectivity index (χ3n) is 3.26. The zero-order chi connectivity index (χ0) is 16.4. The molecule has 0 aliphatic carbocycles. The number of nitriles is 1. The lowest BCUT2D eigenvalue weighted by atomic mass is 10.1. The van der Waals surface area contributed by atoms with Crippen LogP contribution in [0, 0.1) is 27.3 Å². The molecule has 112 valence electrons. The first-order chi connectivity index (χ1) is 11.1. The third-order valence-corrected chi connectivity index (χ3v) is 3.26. The number of nitro benzene ring substituents is 1. The van der Waals surface area contributed by atoms with Crippen LogP contribution in [0.25, 0.3) is 10.8 Å². The number of hydrogen-bond acceptors (Lipinski definition) is 5. The Balaban J connectivity index is 2.16. The van der Waals surface area contributed by atoms with Gasteiger partial charge in [-0.2, -0.15) is 5.26 Å². The van der Waals surface area contributed by atoms with Gasteiger partial charge in [0.15, 0.2) is 0 Å². The molecule has 0 unspecified atom stereocenters. The van der Waals surface area contributed by atoms with Crippen LogP contribution in [0.5, 0.6) is 11.5 Å². The lowest BCUT2D eigenvalue weighted by Gasteiger charge is -2.10. The SMILES string of the molecule is N#Cc1c(F)cccc1Oc1ccc([N+](=O)[O-])c2cnccc12. The topological polar surface area (TPSA) is 89.0 Å². The minimum Gasteiger partial charge on any atom is -0.455 e. The predicted octanol–water partition coefficient (Wildman–Crippen LogP) is 3.95. The molecule has 3 aromatic rings. The van der Waals surface area contributed by atoms with Gasteiger partial charge in [-0.05, 0) is 24.3 Å². The Kier molecular flexibility index (Phi) is 3.57. The van der Waals surface area contributed by atoms with E-state index in [1.165, 1.54) is 36.7 Å². The van der Waals surface area contributed by atoms with Crippen LogP contribution in [-0.2, 0) is 0 Å². The highest BCUT2D eigenvalue weighted by Crippen LogP contribution is 2.36. The van der Waals surface area contributed by atoms with Gasteiger partial charge in [0, 0.05) is 23.8 Å². The average Bonchev–Trinajstić information content (AvgIpc) is 2.55. The van der Waals surface area contributed by atoms with Crippen LogP contribution in [0.2, 0.25) is 0 Å². The predicted molar refractivity (Wildman–Crippen MR) is 79.6 cm³/mol. The summed E-state index contributed by atoms with van der Waals surface area (Å²) in [4.78, 5) is 14.4. The van der Waals surface area contributed by atoms with Crippen LogP contribution in [-0.4, -0.2) is 9.91 Å². The fourth-order valence-electron chi connectivity index (χ4n) is 2.21. The first kappa shape index (κ1) is 14.4. The van der Waals surface area contributed by atoms with E-state index in [9.17, 15) is 14.5 Å². The van der Waals surface area contributed by atoms with E-state index in [2.05, 4.69) is 4.98 Å². The second kappa shape index (κ2) is 5.69. The third kappa shape index (κ3) is 2.53. The Labute approximate surface area is 129 Å². The van der Waals surface area contributed by atoms with Crippen molar-refractivity contribution in [1.82, 2.24) is 4.98 Å². The number of nitrogens with zero attached hydrogens (tertiary/aromatic N) is 3. The summed E-state index contributed by atoms with van der Waals surface area (Å²) < 4.78 is 19.3. The summed E-state index contributed by atoms with van der Waals surface area (Å²) in [6.45, 7) is 0. The minimum atomic E-state index is -0.696. The molecule has 0 radical (unpaired) electrons. The van der Waals surface area contributed by atoms with Crippen molar-refractivity contribution in [1.29, 1.82) is 5.26 Å². The first-order valence-corrected chi connectivity index (χ1v) is 6.49. The minimum absolute atomic E-state index is 0.0412. The molecule has 1 heterocycles. The van der Waals surface area contributed by atoms with Gasteiger partial charge < -0.3 is 4.74 Å². The molecular formula is C16H8FN3O3. The van der Waals surface area contributed by atoms with Gasteiger partial charge in [0.2, 0.25) is 0 Å². The van der Waals surface area contributed by atoms with Gasteiger partial charge in [-0.3, -0.25) is 15.1 Å². The van der Waals surface area contributed by atoms with Crippen molar-refractivity contribution in [3.05, 3.63) is 70.3 Å². The highest BCUT2D eigenvalue weighted by atomic mass is 19.1. The van der Waals surface area contributed by atoms with Gasteiger partial charge >= 0.3 is 0 Å². The number of aromatic nitrogens is 1. The number of ether oxygens (including phenoxy) is 1. The zero-order valence-electron chi connectivity index (χ0n) is 11.6. The van der Waals surface area contributed by atoms with Gasteiger partial charge in [0.05, 0.1) is 10.3 Å². The van der Waals surface area contributed by atoms with E-state index in [-0.39, 0.29) is 22.7 Å². The molecule has 0 aliphatic rings. The molecule has 0 saturated carbocycles. The van der Waals surface area contributed by atoms with Crippen LogP contribution in [0.3, 0.4) is 0 Å². The van der Waals surface area contributed by atoms with Crippen LogP contribution in [0.4, 0.5) is 10.1 Å². The van der Waals surface area contributed by atoms with Crippen molar-refractivity contribution >= 4 is 16.5 Å². The Morgan fingerprint density at radius 2 is 2.00 bits per heavy atom. The van der Waals surface area contributed by atoms with Gasteiger partial charge in [0.1, 0.15) is 28.9 Å². The van der Waals surface area contributed by atoms with E-state index in [4.69, 9.17) is 10.00 Å². The number of rotatable bonds is 3. The molecule has 7 heteroatoms. The normalized spacial score (nSPS) is 10.3. The Hall–Kier alpha value is -3.53. The highest BCUT2D eigenvalue weighted by molar-refractivity contribution is 5.94. The van der Waals surface area contributed by atoms with Crippen molar-refractivity contribution in [2.24, 2.45) is 0 Å². The van der Waals surface area contributed by atoms with E-state index < -0.39 is 10.7 Å². The van der Waals surface area contributed by atoms with Gasteiger partial charge in [-0.1, -0.05) is 6.07 Å². The number of pyridine rings is 1. The number of non-ortho nitro benzene ring substituents is 1. The molecule has 23 heavy (non-hydrogen) atoms. The van der Waals surface area contributed by atoms with Crippen molar-refractivity contribution in [3.63, 3.8) is 0 Å². The molecule has 0 bridgehead atoms. The second-order valence-electron chi connectivity index (χ2n) is 4.59. The molecule has 1 aromatic heterocycles. The number of hydrogen-bond donors (Lipinski definition) is 0. The number of benzene rings is 2. The summed E-state index contributed by atoms with van der Waals surface area (Å²) in [5.41, 5.74) is -0.340. The summed E-state index contributed by atoms with van der Waals surface area (Å²) in [7, 11) is 0. The molecular weight excluding hydrogens is 301 g/mol. The molecule has 6 nitrogen and oxygen atoms in total. The van der Waals surface area contributed by atoms with Crippen LogP contribution >= 0.6 is 0 Å². The fraction of sp³-hybridized carbons (Fsp3) is 0. The monoisotopic (exact) mass is 309 g/mol. The maximum absolute atomic E-state index is 13.6. The van der Waals surface area contributed by atoms with E-state index in [1.807, 2.05) is 0 Å². The van der Waals surface area contributed by atoms with E-state index >= 15 is 0 Å². The second-order valence-corrected chi connectivity index (χ2v) is 4.59. The molecule has 3 rings (SSSR count). The smallest absolute Gasteiger partial charge is 0.279 e. The van der Waals surface area contributed by atoms with E-state index in [0.29, 0.717) is 10.8 Å². The largest absolute Gasteiger partial charge is 0.455 e. The summed E-state index contributed by atoms with van der Waals surface area (Å²) in [5.74, 6) is -0.382. The van der Waals surface area contributed by atoms with Crippen LogP contribution in [0.1, 0.15) is 5.56 Å². The maximum atomic E-state index is 13.6. The summed E-state index contributed by atoms with van der Waals surface area (Å²) in [5, 5.41) is 20.9. The quantitative estimate of drug-likeness (QED) is 0.540. The van der Waals surface area contributed by atoms with Gasteiger partial charge in [0.25, 0.3) is 5.69 Å². The molecule has 0 amide bonds. The first-order valence-electron chi connectivity index (χ1n) is 6.49.